The van der Waals surface area contributed by atoms with E-state index in [0.29, 0.717) is 0 Å². The SMILES string of the molecule is O=C(O)Cc1ccc(Nc2cnn(-c3ccccc3)c2)cc1. The van der Waals surface area contributed by atoms with Crippen molar-refractivity contribution in [3.8, 4) is 5.69 Å². The number of nitrogens with one attached hydrogen (secondary N) is 1. The van der Waals surface area contributed by atoms with E-state index >= 15 is 0 Å². The topological polar surface area (TPSA) is 67.2 Å². The first kappa shape index (κ1) is 13.9. The molecule has 5 heteroatoms. The predicted molar refractivity (Wildman–Crippen MR) is 84.6 cm³/mol. The van der Waals surface area contributed by atoms with Crippen LogP contribution in [0.5, 0.6) is 0 Å². The maximum absolute atomic E-state index is 10.7. The molecule has 3 aromatic rings. The second kappa shape index (κ2) is 6.13. The van der Waals surface area contributed by atoms with Crippen LogP contribution < -0.4 is 5.32 Å². The van der Waals surface area contributed by atoms with Gasteiger partial charge in [-0.1, -0.05) is 30.3 Å². The van der Waals surface area contributed by atoms with E-state index in [1.807, 2.05) is 48.7 Å². The van der Waals surface area contributed by atoms with Gasteiger partial charge >= 0.3 is 5.97 Å². The Balaban J connectivity index is 1.71. The van der Waals surface area contributed by atoms with Gasteiger partial charge in [-0.05, 0) is 29.8 Å². The molecule has 0 amide bonds. The van der Waals surface area contributed by atoms with Crippen LogP contribution in [-0.4, -0.2) is 20.9 Å². The zero-order valence-electron chi connectivity index (χ0n) is 11.8. The first-order valence-corrected chi connectivity index (χ1v) is 6.88. The molecule has 110 valence electrons. The number of rotatable bonds is 5. The quantitative estimate of drug-likeness (QED) is 0.758. The molecule has 2 aromatic carbocycles. The third kappa shape index (κ3) is 3.32. The third-order valence-corrected chi connectivity index (χ3v) is 3.20. The molecule has 1 heterocycles. The third-order valence-electron chi connectivity index (χ3n) is 3.20. The monoisotopic (exact) mass is 293 g/mol. The van der Waals surface area contributed by atoms with Crippen LogP contribution in [0.25, 0.3) is 5.69 Å². The van der Waals surface area contributed by atoms with Crippen LogP contribution in [-0.2, 0) is 11.2 Å². The van der Waals surface area contributed by atoms with Gasteiger partial charge in [-0.3, -0.25) is 4.79 Å². The maximum atomic E-state index is 10.7. The van der Waals surface area contributed by atoms with E-state index in [4.69, 9.17) is 5.11 Å². The lowest BCUT2D eigenvalue weighted by Gasteiger charge is -2.04. The molecule has 0 fully saturated rings. The van der Waals surface area contributed by atoms with Crippen molar-refractivity contribution in [2.45, 2.75) is 6.42 Å². The highest BCUT2D eigenvalue weighted by Crippen LogP contribution is 2.18. The van der Waals surface area contributed by atoms with E-state index in [9.17, 15) is 4.79 Å². The van der Waals surface area contributed by atoms with Crippen molar-refractivity contribution in [1.82, 2.24) is 9.78 Å². The highest BCUT2D eigenvalue weighted by atomic mass is 16.4. The van der Waals surface area contributed by atoms with Gasteiger partial charge in [0.1, 0.15) is 0 Å². The Morgan fingerprint density at radius 2 is 1.77 bits per heavy atom. The van der Waals surface area contributed by atoms with Gasteiger partial charge in [0.05, 0.1) is 30.2 Å². The normalized spacial score (nSPS) is 10.4. The molecule has 0 aliphatic carbocycles. The minimum atomic E-state index is -0.829. The maximum Gasteiger partial charge on any atom is 0.307 e. The summed E-state index contributed by atoms with van der Waals surface area (Å²) < 4.78 is 1.79. The molecule has 0 radical (unpaired) electrons. The number of para-hydroxylation sites is 1. The van der Waals surface area contributed by atoms with Gasteiger partial charge in [0.2, 0.25) is 0 Å². The molecule has 0 aliphatic rings. The van der Waals surface area contributed by atoms with Crippen molar-refractivity contribution in [2.75, 3.05) is 5.32 Å². The molecule has 0 aliphatic heterocycles. The van der Waals surface area contributed by atoms with E-state index in [0.717, 1.165) is 22.6 Å². The minimum absolute atomic E-state index is 0.0339. The lowest BCUT2D eigenvalue weighted by Crippen LogP contribution is -1.99. The van der Waals surface area contributed by atoms with Gasteiger partial charge in [-0.15, -0.1) is 0 Å². The van der Waals surface area contributed by atoms with Gasteiger partial charge in [0, 0.05) is 5.69 Å². The Labute approximate surface area is 127 Å². The minimum Gasteiger partial charge on any atom is -0.481 e. The summed E-state index contributed by atoms with van der Waals surface area (Å²) in [6, 6.07) is 17.2. The summed E-state index contributed by atoms with van der Waals surface area (Å²) in [5, 5.41) is 16.3. The van der Waals surface area contributed by atoms with Gasteiger partial charge in [0.25, 0.3) is 0 Å². The van der Waals surface area contributed by atoms with Gasteiger partial charge in [-0.25, -0.2) is 4.68 Å². The molecule has 3 rings (SSSR count). The van der Waals surface area contributed by atoms with E-state index in [2.05, 4.69) is 10.4 Å². The number of hydrogen-bond acceptors (Lipinski definition) is 3. The van der Waals surface area contributed by atoms with Crippen molar-refractivity contribution in [2.24, 2.45) is 0 Å². The van der Waals surface area contributed by atoms with Crippen molar-refractivity contribution in [1.29, 1.82) is 0 Å². The van der Waals surface area contributed by atoms with Crippen molar-refractivity contribution < 1.29 is 9.90 Å². The van der Waals surface area contributed by atoms with E-state index in [-0.39, 0.29) is 6.42 Å². The summed E-state index contributed by atoms with van der Waals surface area (Å²) in [5.74, 6) is -0.829. The number of hydrogen-bond donors (Lipinski definition) is 2. The van der Waals surface area contributed by atoms with Crippen LogP contribution in [0.4, 0.5) is 11.4 Å². The molecule has 0 unspecified atom stereocenters. The van der Waals surface area contributed by atoms with Gasteiger partial charge in [-0.2, -0.15) is 5.10 Å². The van der Waals surface area contributed by atoms with E-state index in [1.165, 1.54) is 0 Å². The summed E-state index contributed by atoms with van der Waals surface area (Å²) in [5.41, 5.74) is 3.53. The smallest absolute Gasteiger partial charge is 0.307 e. The van der Waals surface area contributed by atoms with Crippen LogP contribution in [0.1, 0.15) is 5.56 Å². The Morgan fingerprint density at radius 3 is 2.45 bits per heavy atom. The lowest BCUT2D eigenvalue weighted by atomic mass is 10.1. The summed E-state index contributed by atoms with van der Waals surface area (Å²) in [4.78, 5) is 10.7. The molecule has 1 aromatic heterocycles. The highest BCUT2D eigenvalue weighted by Gasteiger charge is 2.03. The number of anilines is 2. The van der Waals surface area contributed by atoms with Crippen molar-refractivity contribution in [3.63, 3.8) is 0 Å². The molecule has 0 atom stereocenters. The van der Waals surface area contributed by atoms with Crippen LogP contribution in [0.3, 0.4) is 0 Å². The second-order valence-corrected chi connectivity index (χ2v) is 4.90. The zero-order valence-corrected chi connectivity index (χ0v) is 11.8. The molecular weight excluding hydrogens is 278 g/mol. The fourth-order valence-corrected chi connectivity index (χ4v) is 2.16. The zero-order chi connectivity index (χ0) is 15.4. The number of aromatic nitrogens is 2. The highest BCUT2D eigenvalue weighted by molar-refractivity contribution is 5.70. The first-order chi connectivity index (χ1) is 10.7. The number of carbonyl (C=O) groups is 1. The van der Waals surface area contributed by atoms with Gasteiger partial charge < -0.3 is 10.4 Å². The van der Waals surface area contributed by atoms with E-state index in [1.54, 1.807) is 23.0 Å². The largest absolute Gasteiger partial charge is 0.481 e. The summed E-state index contributed by atoms with van der Waals surface area (Å²) >= 11 is 0. The molecule has 0 spiro atoms. The van der Waals surface area contributed by atoms with E-state index < -0.39 is 5.97 Å². The summed E-state index contributed by atoms with van der Waals surface area (Å²) in [7, 11) is 0. The fourth-order valence-electron chi connectivity index (χ4n) is 2.16. The Hall–Kier alpha value is -3.08. The number of carboxylic acid groups (broad SMARTS) is 1. The lowest BCUT2D eigenvalue weighted by molar-refractivity contribution is -0.136. The van der Waals surface area contributed by atoms with Gasteiger partial charge in [0.15, 0.2) is 0 Å². The Kier molecular flexibility index (Phi) is 3.87. The fraction of sp³-hybridized carbons (Fsp3) is 0.0588. The average Bonchev–Trinajstić information content (AvgIpc) is 2.98. The molecule has 22 heavy (non-hydrogen) atoms. The van der Waals surface area contributed by atoms with Crippen LogP contribution in [0.2, 0.25) is 0 Å². The van der Waals surface area contributed by atoms with Crippen molar-refractivity contribution in [3.05, 3.63) is 72.6 Å². The number of benzene rings is 2. The molecular formula is C17H15N3O2. The molecule has 0 saturated carbocycles. The Morgan fingerprint density at radius 1 is 1.05 bits per heavy atom. The van der Waals surface area contributed by atoms with Crippen LogP contribution in [0.15, 0.2) is 67.0 Å². The molecule has 0 saturated heterocycles. The summed E-state index contributed by atoms with van der Waals surface area (Å²) in [6.45, 7) is 0. The van der Waals surface area contributed by atoms with Crippen molar-refractivity contribution >= 4 is 17.3 Å². The molecule has 0 bridgehead atoms. The second-order valence-electron chi connectivity index (χ2n) is 4.90. The van der Waals surface area contributed by atoms with Crippen LogP contribution in [0, 0.1) is 0 Å². The van der Waals surface area contributed by atoms with Crippen LogP contribution >= 0.6 is 0 Å². The Bertz CT molecular complexity index is 764. The number of nitrogens with zero attached hydrogens (tertiary/aromatic N) is 2. The predicted octanol–water partition coefficient (Wildman–Crippen LogP) is 3.24. The molecule has 5 nitrogen and oxygen atoms in total. The standard InChI is InChI=1S/C17H15N3O2/c21-17(22)10-13-6-8-14(9-7-13)19-15-11-18-20(12-15)16-4-2-1-3-5-16/h1-9,11-12,19H,10H2,(H,21,22). The average molecular weight is 293 g/mol. The summed E-state index contributed by atoms with van der Waals surface area (Å²) in [6.07, 6.45) is 3.69. The molecule has 2 N–H and O–H groups in total. The number of carboxylic acids is 1. The first-order valence-electron chi connectivity index (χ1n) is 6.88. The number of aliphatic carboxylic acids is 1.